The second kappa shape index (κ2) is 2.58. The predicted molar refractivity (Wildman–Crippen MR) is 41.0 cm³/mol. The Labute approximate surface area is 47.8 Å². The fourth-order valence-electron chi connectivity index (χ4n) is 0. The van der Waals surface area contributed by atoms with Gasteiger partial charge in [0.05, 0.1) is 0 Å². The Morgan fingerprint density at radius 3 is 1.17 bits per heavy atom. The van der Waals surface area contributed by atoms with Gasteiger partial charge in [0.15, 0.2) is 0 Å². The van der Waals surface area contributed by atoms with Crippen LogP contribution in [0.1, 0.15) is 20.8 Å². The molecule has 0 saturated heterocycles. The van der Waals surface area contributed by atoms with Crippen molar-refractivity contribution in [2.75, 3.05) is 0 Å². The third-order valence-electron chi connectivity index (χ3n) is 0. The van der Waals surface area contributed by atoms with Crippen molar-refractivity contribution in [1.29, 1.82) is 0 Å². The summed E-state index contributed by atoms with van der Waals surface area (Å²) in [6.45, 7) is 6.75. The van der Waals surface area contributed by atoms with E-state index in [1.54, 1.807) is 0 Å². The van der Waals surface area contributed by atoms with Crippen LogP contribution in [0.5, 0.6) is 0 Å². The lowest BCUT2D eigenvalue weighted by molar-refractivity contribution is 0.767. The molecular weight excluding hydrogens is 104 g/mol. The summed E-state index contributed by atoms with van der Waals surface area (Å²) in [6.07, 6.45) is 0. The first-order valence-electron chi connectivity index (χ1n) is 2.00. The summed E-state index contributed by atoms with van der Waals surface area (Å²) in [7, 11) is 1.31. The van der Waals surface area contributed by atoms with E-state index in [1.807, 2.05) is 0 Å². The monoisotopic (exact) mass is 120 g/mol. The van der Waals surface area contributed by atoms with Gasteiger partial charge in [-0.3, -0.25) is 0 Å². The van der Waals surface area contributed by atoms with Crippen molar-refractivity contribution in [2.24, 2.45) is 0 Å². The molecule has 0 heterocycles. The van der Waals surface area contributed by atoms with Crippen LogP contribution in [0.15, 0.2) is 0 Å². The van der Waals surface area contributed by atoms with Crippen LogP contribution in [0.4, 0.5) is 0 Å². The Balaban J connectivity index is 0. The number of hydrogen-bond acceptors (Lipinski definition) is 0. The molecule has 0 amide bonds. The summed E-state index contributed by atoms with van der Waals surface area (Å²) in [6, 6.07) is 0. The highest BCUT2D eigenvalue weighted by atomic mass is 28.1. The molecule has 0 radical (unpaired) electrons. The second-order valence-electron chi connectivity index (χ2n) is 3.00. The third-order valence-corrected chi connectivity index (χ3v) is 0. The van der Waals surface area contributed by atoms with E-state index in [0.717, 1.165) is 0 Å². The summed E-state index contributed by atoms with van der Waals surface area (Å²) in [5, 5.41) is 0.639. The lowest BCUT2D eigenvalue weighted by Crippen LogP contribution is -1.90. The average Bonchev–Trinajstić information content (AvgIpc) is 0.722. The zero-order valence-electron chi connectivity index (χ0n) is 4.50. The molecule has 0 aromatic heterocycles. The zero-order valence-corrected chi connectivity index (χ0v) is 6.50. The maximum atomic E-state index is 2.25. The van der Waals surface area contributed by atoms with Gasteiger partial charge in [-0.2, -0.15) is 0 Å². The van der Waals surface area contributed by atoms with E-state index in [1.165, 1.54) is 10.2 Å². The molecule has 0 aliphatic heterocycles. The van der Waals surface area contributed by atoms with Crippen LogP contribution in [0.2, 0.25) is 5.04 Å². The van der Waals surface area contributed by atoms with Crippen molar-refractivity contribution in [1.82, 2.24) is 0 Å². The van der Waals surface area contributed by atoms with Gasteiger partial charge in [-0.25, -0.2) is 0 Å². The van der Waals surface area contributed by atoms with E-state index in [-0.39, 0.29) is 11.0 Å². The molecule has 0 nitrogen and oxygen atoms in total. The van der Waals surface area contributed by atoms with Crippen molar-refractivity contribution in [2.45, 2.75) is 25.8 Å². The molecule has 40 valence electrons. The highest BCUT2D eigenvalue weighted by Gasteiger charge is 1.95. The molecule has 0 spiro atoms. The van der Waals surface area contributed by atoms with Crippen molar-refractivity contribution >= 4 is 21.2 Å². The van der Waals surface area contributed by atoms with Gasteiger partial charge < -0.3 is 0 Å². The maximum Gasteiger partial charge on any atom is 0.00959 e. The molecule has 2 heteroatoms. The summed E-state index contributed by atoms with van der Waals surface area (Å²) < 4.78 is 0. The van der Waals surface area contributed by atoms with E-state index < -0.39 is 0 Å². The number of hydrogen-bond donors (Lipinski definition) is 0. The van der Waals surface area contributed by atoms with Crippen molar-refractivity contribution in [3.8, 4) is 0 Å². The standard InChI is InChI=1S/C4H12Si.H4Si/c1-4(2,3)5;/h1-3,5H3;1H4. The van der Waals surface area contributed by atoms with Gasteiger partial charge in [0.25, 0.3) is 0 Å². The highest BCUT2D eigenvalue weighted by molar-refractivity contribution is 6.14. The molecule has 0 aliphatic rings. The minimum absolute atomic E-state index is 0. The zero-order chi connectivity index (χ0) is 4.50. The average molecular weight is 120 g/mol. The summed E-state index contributed by atoms with van der Waals surface area (Å²) in [5.41, 5.74) is 0. The molecule has 0 bridgehead atoms. The number of rotatable bonds is 0. The lowest BCUT2D eigenvalue weighted by Gasteiger charge is -2.05. The van der Waals surface area contributed by atoms with Crippen LogP contribution < -0.4 is 0 Å². The summed E-state index contributed by atoms with van der Waals surface area (Å²) in [5.74, 6) is 0. The van der Waals surface area contributed by atoms with Gasteiger partial charge in [-0.05, 0) is 11.0 Å². The molecule has 0 atom stereocenters. The van der Waals surface area contributed by atoms with Gasteiger partial charge in [0.1, 0.15) is 0 Å². The van der Waals surface area contributed by atoms with Gasteiger partial charge in [-0.15, -0.1) is 0 Å². The lowest BCUT2D eigenvalue weighted by atomic mass is 10.3. The van der Waals surface area contributed by atoms with Gasteiger partial charge in [0.2, 0.25) is 0 Å². The minimum atomic E-state index is 0. The van der Waals surface area contributed by atoms with Crippen LogP contribution in [0.25, 0.3) is 0 Å². The topological polar surface area (TPSA) is 0 Å². The first-order valence-corrected chi connectivity index (χ1v) is 3.00. The molecular formula is C4H16Si2. The molecule has 0 saturated carbocycles. The maximum absolute atomic E-state index is 2.25. The van der Waals surface area contributed by atoms with E-state index in [0.29, 0.717) is 5.04 Å². The molecule has 0 fully saturated rings. The van der Waals surface area contributed by atoms with Crippen molar-refractivity contribution in [3.05, 3.63) is 0 Å². The van der Waals surface area contributed by atoms with Gasteiger partial charge in [-0.1, -0.05) is 25.8 Å². The Morgan fingerprint density at radius 2 is 1.17 bits per heavy atom. The van der Waals surface area contributed by atoms with Gasteiger partial charge in [0, 0.05) is 10.2 Å². The van der Waals surface area contributed by atoms with Crippen LogP contribution in [-0.4, -0.2) is 21.2 Å². The first-order chi connectivity index (χ1) is 2.00. The smallest absolute Gasteiger partial charge is 0.00959 e. The minimum Gasteiger partial charge on any atom is -0.0635 e. The molecule has 0 N–H and O–H groups in total. The SMILES string of the molecule is CC(C)(C)[SiH3].[SiH4]. The fourth-order valence-corrected chi connectivity index (χ4v) is 0. The van der Waals surface area contributed by atoms with E-state index >= 15 is 0 Å². The van der Waals surface area contributed by atoms with Crippen molar-refractivity contribution < 1.29 is 0 Å². The molecule has 0 aromatic carbocycles. The van der Waals surface area contributed by atoms with Crippen LogP contribution in [0, 0.1) is 0 Å². The molecule has 6 heavy (non-hydrogen) atoms. The Hall–Kier alpha value is 0.434. The molecule has 0 aliphatic carbocycles. The van der Waals surface area contributed by atoms with Crippen LogP contribution in [-0.2, 0) is 0 Å². The fraction of sp³-hybridized carbons (Fsp3) is 1.00. The van der Waals surface area contributed by atoms with Crippen LogP contribution in [0.3, 0.4) is 0 Å². The Bertz CT molecular complexity index is 21.0. The van der Waals surface area contributed by atoms with Crippen LogP contribution >= 0.6 is 0 Å². The van der Waals surface area contributed by atoms with E-state index in [2.05, 4.69) is 20.8 Å². The summed E-state index contributed by atoms with van der Waals surface area (Å²) in [4.78, 5) is 0. The van der Waals surface area contributed by atoms with E-state index in [4.69, 9.17) is 0 Å². The highest BCUT2D eigenvalue weighted by Crippen LogP contribution is 2.13. The third kappa shape index (κ3) is 278. The largest absolute Gasteiger partial charge is 0.0635 e. The quantitative estimate of drug-likeness (QED) is 0.364. The predicted octanol–water partition coefficient (Wildman–Crippen LogP) is -0.881. The van der Waals surface area contributed by atoms with Crippen molar-refractivity contribution in [3.63, 3.8) is 0 Å². The van der Waals surface area contributed by atoms with E-state index in [9.17, 15) is 0 Å². The Morgan fingerprint density at radius 1 is 1.17 bits per heavy atom. The molecule has 0 aromatic rings. The van der Waals surface area contributed by atoms with Gasteiger partial charge >= 0.3 is 0 Å². The molecule has 0 rings (SSSR count). The Kier molecular flexibility index (Phi) is 4.16. The summed E-state index contributed by atoms with van der Waals surface area (Å²) >= 11 is 0. The first kappa shape index (κ1) is 9.66. The normalized spacial score (nSPS) is 10.5. The molecule has 0 unspecified atom stereocenters. The second-order valence-corrected chi connectivity index (χ2v) is 6.00.